The van der Waals surface area contributed by atoms with Gasteiger partial charge in [0.1, 0.15) is 0 Å². The van der Waals surface area contributed by atoms with E-state index < -0.39 is 0 Å². The van der Waals surface area contributed by atoms with Gasteiger partial charge in [0.15, 0.2) is 0 Å². The van der Waals surface area contributed by atoms with Crippen molar-refractivity contribution in [3.05, 3.63) is 34.9 Å². The number of hydrogen-bond donors (Lipinski definition) is 2. The minimum Gasteiger partial charge on any atom is -0.387 e. The van der Waals surface area contributed by atoms with Crippen molar-refractivity contribution in [1.29, 1.82) is 0 Å². The van der Waals surface area contributed by atoms with Crippen molar-refractivity contribution in [1.82, 2.24) is 5.32 Å². The molecule has 2 rings (SSSR count). The summed E-state index contributed by atoms with van der Waals surface area (Å²) in [4.78, 5) is 0. The summed E-state index contributed by atoms with van der Waals surface area (Å²) in [7, 11) is 0. The number of nitrogens with one attached hydrogen (secondary N) is 1. The van der Waals surface area contributed by atoms with E-state index >= 15 is 0 Å². The fraction of sp³-hybridized carbons (Fsp3) is 0.625. The first-order chi connectivity index (χ1) is 8.68. The van der Waals surface area contributed by atoms with Gasteiger partial charge in [-0.05, 0) is 43.4 Å². The molecule has 1 unspecified atom stereocenters. The maximum Gasteiger partial charge on any atom is 0.0917 e. The van der Waals surface area contributed by atoms with Crippen molar-refractivity contribution >= 4 is 0 Å². The van der Waals surface area contributed by atoms with Crippen LogP contribution in [0.1, 0.15) is 54.9 Å². The third kappa shape index (κ3) is 3.33. The Balaban J connectivity index is 1.90. The highest BCUT2D eigenvalue weighted by atomic mass is 16.3. The maximum absolute atomic E-state index is 10.3. The standard InChI is InChI=1S/C16H25NO/c1-12-7-6-10-15(13(12)2)16(18)11-17-14-8-4-3-5-9-14/h6-7,10,14,16-18H,3-5,8-9,11H2,1-2H3. The molecule has 1 aromatic rings. The molecule has 0 spiro atoms. The minimum absolute atomic E-state index is 0.383. The van der Waals surface area contributed by atoms with Gasteiger partial charge in [0, 0.05) is 12.6 Å². The van der Waals surface area contributed by atoms with E-state index in [0.717, 1.165) is 5.56 Å². The SMILES string of the molecule is Cc1cccc(C(O)CNC2CCCCC2)c1C. The molecule has 0 radical (unpaired) electrons. The third-order valence-corrected chi connectivity index (χ3v) is 4.21. The highest BCUT2D eigenvalue weighted by Crippen LogP contribution is 2.21. The Hall–Kier alpha value is -0.860. The fourth-order valence-electron chi connectivity index (χ4n) is 2.83. The van der Waals surface area contributed by atoms with Gasteiger partial charge in [-0.1, -0.05) is 37.5 Å². The second kappa shape index (κ2) is 6.35. The molecule has 0 heterocycles. The number of hydrogen-bond acceptors (Lipinski definition) is 2. The topological polar surface area (TPSA) is 32.3 Å². The summed E-state index contributed by atoms with van der Waals surface area (Å²) in [6, 6.07) is 6.77. The molecule has 1 aliphatic rings. The molecule has 2 heteroatoms. The van der Waals surface area contributed by atoms with Gasteiger partial charge in [-0.15, -0.1) is 0 Å². The van der Waals surface area contributed by atoms with Crippen molar-refractivity contribution in [3.8, 4) is 0 Å². The van der Waals surface area contributed by atoms with Crippen LogP contribution in [-0.2, 0) is 0 Å². The van der Waals surface area contributed by atoms with Crippen LogP contribution in [0.3, 0.4) is 0 Å². The summed E-state index contributed by atoms with van der Waals surface area (Å²) < 4.78 is 0. The largest absolute Gasteiger partial charge is 0.387 e. The summed E-state index contributed by atoms with van der Waals surface area (Å²) in [5.41, 5.74) is 3.54. The van der Waals surface area contributed by atoms with Crippen LogP contribution in [0.5, 0.6) is 0 Å². The predicted octanol–water partition coefficient (Wildman–Crippen LogP) is 3.26. The van der Waals surface area contributed by atoms with Gasteiger partial charge in [0.2, 0.25) is 0 Å². The van der Waals surface area contributed by atoms with Gasteiger partial charge in [-0.2, -0.15) is 0 Å². The second-order valence-corrected chi connectivity index (χ2v) is 5.55. The smallest absolute Gasteiger partial charge is 0.0917 e. The van der Waals surface area contributed by atoms with Crippen LogP contribution in [0, 0.1) is 13.8 Å². The van der Waals surface area contributed by atoms with Crippen LogP contribution < -0.4 is 5.32 Å². The van der Waals surface area contributed by atoms with Crippen molar-refractivity contribution < 1.29 is 5.11 Å². The Labute approximate surface area is 110 Å². The number of aryl methyl sites for hydroxylation is 1. The van der Waals surface area contributed by atoms with E-state index in [1.54, 1.807) is 0 Å². The summed E-state index contributed by atoms with van der Waals surface area (Å²) in [5.74, 6) is 0. The number of aliphatic hydroxyl groups is 1. The monoisotopic (exact) mass is 247 g/mol. The van der Waals surface area contributed by atoms with Crippen molar-refractivity contribution in [3.63, 3.8) is 0 Å². The molecule has 18 heavy (non-hydrogen) atoms. The molecule has 0 aromatic heterocycles. The zero-order chi connectivity index (χ0) is 13.0. The molecule has 0 saturated heterocycles. The van der Waals surface area contributed by atoms with E-state index in [9.17, 15) is 5.11 Å². The summed E-state index contributed by atoms with van der Waals surface area (Å²) in [5, 5.41) is 13.8. The van der Waals surface area contributed by atoms with Crippen LogP contribution in [0.25, 0.3) is 0 Å². The molecule has 0 bridgehead atoms. The molecule has 1 atom stereocenters. The Bertz CT molecular complexity index is 383. The van der Waals surface area contributed by atoms with Crippen molar-refractivity contribution in [2.45, 2.75) is 58.1 Å². The van der Waals surface area contributed by atoms with Crippen molar-refractivity contribution in [2.75, 3.05) is 6.54 Å². The Morgan fingerprint density at radius 1 is 1.22 bits per heavy atom. The first-order valence-corrected chi connectivity index (χ1v) is 7.16. The first-order valence-electron chi connectivity index (χ1n) is 7.16. The van der Waals surface area contributed by atoms with E-state index in [-0.39, 0.29) is 6.10 Å². The highest BCUT2D eigenvalue weighted by molar-refractivity contribution is 5.34. The van der Waals surface area contributed by atoms with E-state index in [0.29, 0.717) is 12.6 Å². The average molecular weight is 247 g/mol. The highest BCUT2D eigenvalue weighted by Gasteiger charge is 2.16. The predicted molar refractivity (Wildman–Crippen MR) is 75.8 cm³/mol. The van der Waals surface area contributed by atoms with E-state index in [1.807, 2.05) is 12.1 Å². The normalized spacial score (nSPS) is 18.8. The molecule has 1 fully saturated rings. The molecular formula is C16H25NO. The van der Waals surface area contributed by atoms with Gasteiger partial charge in [0.25, 0.3) is 0 Å². The summed E-state index contributed by atoms with van der Waals surface area (Å²) in [6.07, 6.45) is 6.18. The van der Waals surface area contributed by atoms with Crippen molar-refractivity contribution in [2.24, 2.45) is 0 Å². The third-order valence-electron chi connectivity index (χ3n) is 4.21. The lowest BCUT2D eigenvalue weighted by Gasteiger charge is -2.25. The molecule has 2 N–H and O–H groups in total. The molecule has 1 saturated carbocycles. The molecule has 1 aliphatic carbocycles. The van der Waals surface area contributed by atoms with Gasteiger partial charge in [0.05, 0.1) is 6.10 Å². The Kier molecular flexibility index (Phi) is 4.79. The quantitative estimate of drug-likeness (QED) is 0.856. The summed E-state index contributed by atoms with van der Waals surface area (Å²) >= 11 is 0. The Morgan fingerprint density at radius 3 is 2.67 bits per heavy atom. The molecular weight excluding hydrogens is 222 g/mol. The van der Waals surface area contributed by atoms with Crippen LogP contribution in [-0.4, -0.2) is 17.7 Å². The van der Waals surface area contributed by atoms with Gasteiger partial charge >= 0.3 is 0 Å². The molecule has 100 valence electrons. The zero-order valence-corrected chi connectivity index (χ0v) is 11.6. The maximum atomic E-state index is 10.3. The van der Waals surface area contributed by atoms with Gasteiger partial charge in [-0.25, -0.2) is 0 Å². The van der Waals surface area contributed by atoms with E-state index in [4.69, 9.17) is 0 Å². The van der Waals surface area contributed by atoms with E-state index in [2.05, 4.69) is 25.2 Å². The number of rotatable bonds is 4. The Morgan fingerprint density at radius 2 is 1.94 bits per heavy atom. The van der Waals surface area contributed by atoms with Gasteiger partial charge in [-0.3, -0.25) is 0 Å². The summed E-state index contributed by atoms with van der Waals surface area (Å²) in [6.45, 7) is 4.86. The number of aliphatic hydroxyl groups excluding tert-OH is 1. The molecule has 0 aliphatic heterocycles. The molecule has 2 nitrogen and oxygen atoms in total. The van der Waals surface area contributed by atoms with E-state index in [1.165, 1.54) is 43.2 Å². The van der Waals surface area contributed by atoms with Crippen LogP contribution in [0.15, 0.2) is 18.2 Å². The molecule has 1 aromatic carbocycles. The number of benzene rings is 1. The lowest BCUT2D eigenvalue weighted by Crippen LogP contribution is -2.34. The average Bonchev–Trinajstić information content (AvgIpc) is 2.40. The lowest BCUT2D eigenvalue weighted by molar-refractivity contribution is 0.165. The van der Waals surface area contributed by atoms with Gasteiger partial charge < -0.3 is 10.4 Å². The molecule has 0 amide bonds. The minimum atomic E-state index is -0.383. The zero-order valence-electron chi connectivity index (χ0n) is 11.6. The van der Waals surface area contributed by atoms with Crippen LogP contribution >= 0.6 is 0 Å². The van der Waals surface area contributed by atoms with Crippen LogP contribution in [0.4, 0.5) is 0 Å². The fourth-order valence-corrected chi connectivity index (χ4v) is 2.83. The van der Waals surface area contributed by atoms with Crippen LogP contribution in [0.2, 0.25) is 0 Å². The lowest BCUT2D eigenvalue weighted by atomic mass is 9.94. The second-order valence-electron chi connectivity index (χ2n) is 5.55. The first kappa shape index (κ1) is 13.6.